The van der Waals surface area contributed by atoms with Crippen molar-refractivity contribution in [3.05, 3.63) is 0 Å². The van der Waals surface area contributed by atoms with E-state index in [-0.39, 0.29) is 12.1 Å². The van der Waals surface area contributed by atoms with Crippen LogP contribution in [0.4, 0.5) is 4.79 Å². The van der Waals surface area contributed by atoms with E-state index >= 15 is 0 Å². The maximum atomic E-state index is 12.0. The monoisotopic (exact) mass is 228 g/mol. The maximum Gasteiger partial charge on any atom is 0.410 e. The zero-order valence-electron chi connectivity index (χ0n) is 11.0. The number of hydrogen-bond acceptors (Lipinski definition) is 3. The smallest absolute Gasteiger partial charge is 0.410 e. The van der Waals surface area contributed by atoms with E-state index in [1.807, 2.05) is 25.7 Å². The Morgan fingerprint density at radius 1 is 1.50 bits per heavy atom. The van der Waals surface area contributed by atoms with Gasteiger partial charge in [0.1, 0.15) is 5.60 Å². The van der Waals surface area contributed by atoms with Gasteiger partial charge in [0, 0.05) is 25.2 Å². The summed E-state index contributed by atoms with van der Waals surface area (Å²) in [5, 5.41) is 3.38. The van der Waals surface area contributed by atoms with E-state index in [2.05, 4.69) is 19.2 Å². The highest BCUT2D eigenvalue weighted by Crippen LogP contribution is 2.16. The number of carbonyl (C=O) groups is 1. The second-order valence-electron chi connectivity index (χ2n) is 5.50. The van der Waals surface area contributed by atoms with Crippen LogP contribution >= 0.6 is 0 Å². The van der Waals surface area contributed by atoms with Gasteiger partial charge in [-0.2, -0.15) is 0 Å². The van der Waals surface area contributed by atoms with Crippen molar-refractivity contribution in [2.75, 3.05) is 13.1 Å². The SMILES string of the molecule is CC[C@@H]1CN[C@H](C)CN1C(=O)OC(C)(C)C. The summed E-state index contributed by atoms with van der Waals surface area (Å²) in [6, 6.07) is 0.598. The molecule has 1 heterocycles. The Morgan fingerprint density at radius 2 is 2.12 bits per heavy atom. The Morgan fingerprint density at radius 3 is 2.62 bits per heavy atom. The lowest BCUT2D eigenvalue weighted by Gasteiger charge is -2.39. The lowest BCUT2D eigenvalue weighted by Crippen LogP contribution is -2.57. The lowest BCUT2D eigenvalue weighted by atomic mass is 10.1. The van der Waals surface area contributed by atoms with Crippen LogP contribution in [-0.4, -0.2) is 41.8 Å². The van der Waals surface area contributed by atoms with Gasteiger partial charge in [-0.3, -0.25) is 0 Å². The Labute approximate surface area is 98.3 Å². The van der Waals surface area contributed by atoms with Crippen molar-refractivity contribution in [3.63, 3.8) is 0 Å². The molecule has 1 saturated heterocycles. The Balaban J connectivity index is 2.63. The number of piperazine rings is 1. The van der Waals surface area contributed by atoms with Crippen molar-refractivity contribution in [1.82, 2.24) is 10.2 Å². The van der Waals surface area contributed by atoms with Gasteiger partial charge in [0.15, 0.2) is 0 Å². The number of hydrogen-bond donors (Lipinski definition) is 1. The van der Waals surface area contributed by atoms with E-state index in [0.717, 1.165) is 19.5 Å². The highest BCUT2D eigenvalue weighted by atomic mass is 16.6. The largest absolute Gasteiger partial charge is 0.444 e. The minimum Gasteiger partial charge on any atom is -0.444 e. The Hall–Kier alpha value is -0.770. The topological polar surface area (TPSA) is 41.6 Å². The van der Waals surface area contributed by atoms with Gasteiger partial charge in [0.25, 0.3) is 0 Å². The van der Waals surface area contributed by atoms with Crippen LogP contribution in [0, 0.1) is 0 Å². The molecule has 0 saturated carbocycles. The first-order valence-electron chi connectivity index (χ1n) is 6.06. The molecule has 0 unspecified atom stereocenters. The first-order valence-corrected chi connectivity index (χ1v) is 6.06. The molecule has 0 aromatic heterocycles. The number of carbonyl (C=O) groups excluding carboxylic acids is 1. The van der Waals surface area contributed by atoms with E-state index in [4.69, 9.17) is 4.74 Å². The molecule has 0 bridgehead atoms. The molecule has 1 aliphatic rings. The summed E-state index contributed by atoms with van der Waals surface area (Å²) < 4.78 is 5.42. The summed E-state index contributed by atoms with van der Waals surface area (Å²) in [7, 11) is 0. The van der Waals surface area contributed by atoms with Gasteiger partial charge in [-0.1, -0.05) is 6.92 Å². The molecule has 0 aromatic rings. The van der Waals surface area contributed by atoms with Crippen LogP contribution in [0.25, 0.3) is 0 Å². The first kappa shape index (κ1) is 13.3. The summed E-state index contributed by atoms with van der Waals surface area (Å²) in [4.78, 5) is 13.9. The average Bonchev–Trinajstić information content (AvgIpc) is 2.15. The molecule has 0 radical (unpaired) electrons. The molecule has 1 N–H and O–H groups in total. The van der Waals surface area contributed by atoms with Crippen molar-refractivity contribution in [2.45, 2.75) is 58.7 Å². The van der Waals surface area contributed by atoms with Crippen molar-refractivity contribution in [3.8, 4) is 0 Å². The third-order valence-electron chi connectivity index (χ3n) is 2.71. The zero-order valence-corrected chi connectivity index (χ0v) is 11.0. The molecule has 4 heteroatoms. The molecular formula is C12H24N2O2. The first-order chi connectivity index (χ1) is 7.33. The minimum absolute atomic E-state index is 0.187. The molecule has 0 aliphatic carbocycles. The van der Waals surface area contributed by atoms with Crippen LogP contribution in [0.3, 0.4) is 0 Å². The van der Waals surface area contributed by atoms with Crippen LogP contribution in [0.15, 0.2) is 0 Å². The quantitative estimate of drug-likeness (QED) is 0.746. The van der Waals surface area contributed by atoms with Gasteiger partial charge in [-0.05, 0) is 34.1 Å². The number of amides is 1. The highest BCUT2D eigenvalue weighted by molar-refractivity contribution is 5.68. The second kappa shape index (κ2) is 5.04. The fourth-order valence-corrected chi connectivity index (χ4v) is 1.86. The summed E-state index contributed by atoms with van der Waals surface area (Å²) in [5.74, 6) is 0. The second-order valence-corrected chi connectivity index (χ2v) is 5.50. The van der Waals surface area contributed by atoms with Crippen LogP contribution in [0.1, 0.15) is 41.0 Å². The zero-order chi connectivity index (χ0) is 12.3. The fourth-order valence-electron chi connectivity index (χ4n) is 1.86. The maximum absolute atomic E-state index is 12.0. The Bertz CT molecular complexity index is 248. The van der Waals surface area contributed by atoms with E-state index in [1.54, 1.807) is 0 Å². The van der Waals surface area contributed by atoms with Gasteiger partial charge in [-0.25, -0.2) is 4.79 Å². The third kappa shape index (κ3) is 3.67. The van der Waals surface area contributed by atoms with Crippen LogP contribution in [-0.2, 0) is 4.74 Å². The van der Waals surface area contributed by atoms with Crippen molar-refractivity contribution < 1.29 is 9.53 Å². The third-order valence-corrected chi connectivity index (χ3v) is 2.71. The molecule has 94 valence electrons. The molecule has 2 atom stereocenters. The summed E-state index contributed by atoms with van der Waals surface area (Å²) in [6.45, 7) is 11.5. The van der Waals surface area contributed by atoms with Gasteiger partial charge in [-0.15, -0.1) is 0 Å². The van der Waals surface area contributed by atoms with Crippen molar-refractivity contribution >= 4 is 6.09 Å². The number of ether oxygens (including phenoxy) is 1. The highest BCUT2D eigenvalue weighted by Gasteiger charge is 2.31. The predicted octanol–water partition coefficient (Wildman–Crippen LogP) is 1.99. The van der Waals surface area contributed by atoms with E-state index in [1.165, 1.54) is 0 Å². The summed E-state index contributed by atoms with van der Waals surface area (Å²) >= 11 is 0. The van der Waals surface area contributed by atoms with Crippen LogP contribution in [0.5, 0.6) is 0 Å². The van der Waals surface area contributed by atoms with E-state index < -0.39 is 5.60 Å². The number of nitrogens with one attached hydrogen (secondary N) is 1. The van der Waals surface area contributed by atoms with Gasteiger partial charge < -0.3 is 15.0 Å². The molecule has 16 heavy (non-hydrogen) atoms. The fraction of sp³-hybridized carbons (Fsp3) is 0.917. The van der Waals surface area contributed by atoms with Crippen molar-refractivity contribution in [2.24, 2.45) is 0 Å². The molecule has 1 fully saturated rings. The Kier molecular flexibility index (Phi) is 4.19. The molecule has 4 nitrogen and oxygen atoms in total. The van der Waals surface area contributed by atoms with Gasteiger partial charge in [0.05, 0.1) is 0 Å². The van der Waals surface area contributed by atoms with Gasteiger partial charge in [0.2, 0.25) is 0 Å². The van der Waals surface area contributed by atoms with E-state index in [9.17, 15) is 4.79 Å². The normalized spacial score (nSPS) is 26.7. The molecular weight excluding hydrogens is 204 g/mol. The molecule has 1 aliphatic heterocycles. The minimum atomic E-state index is -0.413. The molecule has 0 spiro atoms. The number of nitrogens with zero attached hydrogens (tertiary/aromatic N) is 1. The standard InChI is InChI=1S/C12H24N2O2/c1-6-10-7-13-9(2)8-14(10)11(15)16-12(3,4)5/h9-10,13H,6-8H2,1-5H3/t9-,10-/m1/s1. The predicted molar refractivity (Wildman–Crippen MR) is 64.5 cm³/mol. The molecule has 0 aromatic carbocycles. The average molecular weight is 228 g/mol. The van der Waals surface area contributed by atoms with E-state index in [0.29, 0.717) is 6.04 Å². The number of rotatable bonds is 1. The molecule has 1 rings (SSSR count). The van der Waals surface area contributed by atoms with Crippen molar-refractivity contribution in [1.29, 1.82) is 0 Å². The summed E-state index contributed by atoms with van der Waals surface area (Å²) in [5.41, 5.74) is -0.413. The molecule has 1 amide bonds. The lowest BCUT2D eigenvalue weighted by molar-refractivity contribution is 0.00780. The summed E-state index contributed by atoms with van der Waals surface area (Å²) in [6.07, 6.45) is 0.770. The van der Waals surface area contributed by atoms with Crippen LogP contribution in [0.2, 0.25) is 0 Å². The van der Waals surface area contributed by atoms with Crippen LogP contribution < -0.4 is 5.32 Å². The van der Waals surface area contributed by atoms with Gasteiger partial charge >= 0.3 is 6.09 Å².